The van der Waals surface area contributed by atoms with Gasteiger partial charge in [-0.05, 0) is 56.4 Å². The van der Waals surface area contributed by atoms with Gasteiger partial charge in [0.2, 0.25) is 0 Å². The number of nitrogens with zero attached hydrogens (tertiary/aromatic N) is 2. The Morgan fingerprint density at radius 1 is 1.29 bits per heavy atom. The third-order valence-corrected chi connectivity index (χ3v) is 4.08. The summed E-state index contributed by atoms with van der Waals surface area (Å²) in [6.45, 7) is 0.826. The molecule has 4 heteroatoms. The number of likely N-dealkylation sites (tertiary alicyclic amines) is 1. The van der Waals surface area contributed by atoms with E-state index in [0.29, 0.717) is 11.8 Å². The second-order valence-corrected chi connectivity index (χ2v) is 5.49. The van der Waals surface area contributed by atoms with Crippen LogP contribution in [0.25, 0.3) is 0 Å². The predicted molar refractivity (Wildman–Crippen MR) is 79.9 cm³/mol. The molecular formula is C17H20N2O2. The van der Waals surface area contributed by atoms with Gasteiger partial charge in [-0.2, -0.15) is 0 Å². The summed E-state index contributed by atoms with van der Waals surface area (Å²) >= 11 is 0. The van der Waals surface area contributed by atoms with Crippen molar-refractivity contribution >= 4 is 5.91 Å². The van der Waals surface area contributed by atoms with Gasteiger partial charge in [-0.1, -0.05) is 6.07 Å². The molecule has 1 aliphatic heterocycles. The van der Waals surface area contributed by atoms with Crippen LogP contribution in [0, 0.1) is 0 Å². The van der Waals surface area contributed by atoms with Crippen LogP contribution in [0.3, 0.4) is 0 Å². The maximum Gasteiger partial charge on any atom is 0.289 e. The first-order chi connectivity index (χ1) is 10.3. The van der Waals surface area contributed by atoms with E-state index in [9.17, 15) is 4.79 Å². The van der Waals surface area contributed by atoms with Gasteiger partial charge in [-0.25, -0.2) is 0 Å². The summed E-state index contributed by atoms with van der Waals surface area (Å²) < 4.78 is 5.26. The molecule has 0 spiro atoms. The molecule has 110 valence electrons. The number of carbonyl (C=O) groups excluding carboxylic acids is 1. The quantitative estimate of drug-likeness (QED) is 0.865. The largest absolute Gasteiger partial charge is 0.459 e. The topological polar surface area (TPSA) is 46.3 Å². The summed E-state index contributed by atoms with van der Waals surface area (Å²) in [6.07, 6.45) is 8.58. The van der Waals surface area contributed by atoms with Crippen LogP contribution in [-0.2, 0) is 6.42 Å². The SMILES string of the molecule is O=C(c1ccco1)N1CCCC[C@H]1CCc1ccccn1. The van der Waals surface area contributed by atoms with Gasteiger partial charge in [0, 0.05) is 24.5 Å². The fourth-order valence-electron chi connectivity index (χ4n) is 2.97. The summed E-state index contributed by atoms with van der Waals surface area (Å²) in [5.74, 6) is 0.463. The van der Waals surface area contributed by atoms with E-state index in [1.54, 1.807) is 18.4 Å². The summed E-state index contributed by atoms with van der Waals surface area (Å²) in [7, 11) is 0. The van der Waals surface area contributed by atoms with Crippen LogP contribution in [0.1, 0.15) is 41.9 Å². The number of piperidine rings is 1. The minimum absolute atomic E-state index is 0.0192. The van der Waals surface area contributed by atoms with Crippen molar-refractivity contribution in [2.24, 2.45) is 0 Å². The molecule has 0 unspecified atom stereocenters. The maximum absolute atomic E-state index is 12.5. The van der Waals surface area contributed by atoms with Gasteiger partial charge in [-0.15, -0.1) is 0 Å². The number of furan rings is 1. The molecule has 1 aliphatic rings. The zero-order chi connectivity index (χ0) is 14.5. The Bertz CT molecular complexity index is 566. The van der Waals surface area contributed by atoms with Crippen LogP contribution in [0.4, 0.5) is 0 Å². The highest BCUT2D eigenvalue weighted by molar-refractivity contribution is 5.91. The van der Waals surface area contributed by atoms with Gasteiger partial charge in [0.15, 0.2) is 5.76 Å². The van der Waals surface area contributed by atoms with E-state index in [0.717, 1.165) is 37.9 Å². The highest BCUT2D eigenvalue weighted by Crippen LogP contribution is 2.23. The van der Waals surface area contributed by atoms with Crippen LogP contribution in [0.15, 0.2) is 47.2 Å². The van der Waals surface area contributed by atoms with Crippen LogP contribution < -0.4 is 0 Å². The number of amides is 1. The fourth-order valence-corrected chi connectivity index (χ4v) is 2.97. The molecule has 3 heterocycles. The number of carbonyl (C=O) groups is 1. The molecule has 4 nitrogen and oxygen atoms in total. The molecule has 0 saturated carbocycles. The molecule has 0 aliphatic carbocycles. The molecule has 1 saturated heterocycles. The van der Waals surface area contributed by atoms with E-state index >= 15 is 0 Å². The lowest BCUT2D eigenvalue weighted by Gasteiger charge is -2.35. The highest BCUT2D eigenvalue weighted by atomic mass is 16.3. The molecule has 0 radical (unpaired) electrons. The number of hydrogen-bond donors (Lipinski definition) is 0. The standard InChI is InChI=1S/C17H20N2O2/c20-17(16-8-5-13-21-16)19-12-4-2-7-15(19)10-9-14-6-1-3-11-18-14/h1,3,5-6,8,11,13,15H,2,4,7,9-10,12H2/t15-/m0/s1. The van der Waals surface area contributed by atoms with Crippen LogP contribution in [0.5, 0.6) is 0 Å². The Morgan fingerprint density at radius 2 is 2.24 bits per heavy atom. The van der Waals surface area contributed by atoms with E-state index in [1.807, 2.05) is 29.3 Å². The summed E-state index contributed by atoms with van der Waals surface area (Å²) in [4.78, 5) is 18.8. The molecule has 0 aromatic carbocycles. The summed E-state index contributed by atoms with van der Waals surface area (Å²) in [5.41, 5.74) is 1.09. The number of rotatable bonds is 4. The first-order valence-electron chi connectivity index (χ1n) is 7.59. The predicted octanol–water partition coefficient (Wildman–Crippen LogP) is 3.30. The Kier molecular flexibility index (Phi) is 4.34. The zero-order valence-corrected chi connectivity index (χ0v) is 12.1. The van der Waals surface area contributed by atoms with Crippen molar-refractivity contribution < 1.29 is 9.21 Å². The molecule has 1 atom stereocenters. The average Bonchev–Trinajstić information content (AvgIpc) is 3.08. The maximum atomic E-state index is 12.5. The molecule has 21 heavy (non-hydrogen) atoms. The Hall–Kier alpha value is -2.10. The van der Waals surface area contributed by atoms with Crippen molar-refractivity contribution in [3.8, 4) is 0 Å². The number of aromatic nitrogens is 1. The molecule has 0 bridgehead atoms. The molecule has 0 N–H and O–H groups in total. The molecule has 2 aromatic rings. The van der Waals surface area contributed by atoms with Crippen molar-refractivity contribution in [2.75, 3.05) is 6.54 Å². The van der Waals surface area contributed by atoms with Gasteiger partial charge < -0.3 is 9.32 Å². The average molecular weight is 284 g/mol. The summed E-state index contributed by atoms with van der Waals surface area (Å²) in [6, 6.07) is 9.78. The lowest BCUT2D eigenvalue weighted by atomic mass is 9.96. The molecular weight excluding hydrogens is 264 g/mol. The van der Waals surface area contributed by atoms with Gasteiger partial charge in [0.1, 0.15) is 0 Å². The third kappa shape index (κ3) is 3.32. The van der Waals surface area contributed by atoms with Crippen LogP contribution in [0.2, 0.25) is 0 Å². The van der Waals surface area contributed by atoms with E-state index in [-0.39, 0.29) is 5.91 Å². The van der Waals surface area contributed by atoms with Gasteiger partial charge >= 0.3 is 0 Å². The second-order valence-electron chi connectivity index (χ2n) is 5.49. The molecule has 3 rings (SSSR count). The summed E-state index contributed by atoms with van der Waals surface area (Å²) in [5, 5.41) is 0. The number of hydrogen-bond acceptors (Lipinski definition) is 3. The van der Waals surface area contributed by atoms with Gasteiger partial charge in [-0.3, -0.25) is 9.78 Å². The Labute approximate surface area is 124 Å². The van der Waals surface area contributed by atoms with Gasteiger partial charge in [0.05, 0.1) is 6.26 Å². The van der Waals surface area contributed by atoms with Crippen molar-refractivity contribution in [3.63, 3.8) is 0 Å². The smallest absolute Gasteiger partial charge is 0.289 e. The van der Waals surface area contributed by atoms with Crippen LogP contribution >= 0.6 is 0 Å². The lowest BCUT2D eigenvalue weighted by Crippen LogP contribution is -2.43. The fraction of sp³-hybridized carbons (Fsp3) is 0.412. The van der Waals surface area contributed by atoms with Crippen molar-refractivity contribution in [1.82, 2.24) is 9.88 Å². The van der Waals surface area contributed by atoms with E-state index in [4.69, 9.17) is 4.42 Å². The van der Waals surface area contributed by atoms with Gasteiger partial charge in [0.25, 0.3) is 5.91 Å². The minimum atomic E-state index is 0.0192. The number of pyridine rings is 1. The molecule has 1 amide bonds. The first-order valence-corrected chi connectivity index (χ1v) is 7.59. The van der Waals surface area contributed by atoms with Crippen LogP contribution in [-0.4, -0.2) is 28.4 Å². The normalized spacial score (nSPS) is 18.7. The Morgan fingerprint density at radius 3 is 3.00 bits per heavy atom. The number of aryl methyl sites for hydroxylation is 1. The highest BCUT2D eigenvalue weighted by Gasteiger charge is 2.28. The van der Waals surface area contributed by atoms with E-state index in [1.165, 1.54) is 6.42 Å². The van der Waals surface area contributed by atoms with E-state index in [2.05, 4.69) is 4.98 Å². The van der Waals surface area contributed by atoms with Crippen molar-refractivity contribution in [1.29, 1.82) is 0 Å². The zero-order valence-electron chi connectivity index (χ0n) is 12.1. The van der Waals surface area contributed by atoms with Crippen molar-refractivity contribution in [3.05, 3.63) is 54.2 Å². The molecule has 2 aromatic heterocycles. The minimum Gasteiger partial charge on any atom is -0.459 e. The lowest BCUT2D eigenvalue weighted by molar-refractivity contribution is 0.0569. The van der Waals surface area contributed by atoms with E-state index < -0.39 is 0 Å². The third-order valence-electron chi connectivity index (χ3n) is 4.08. The first kappa shape index (κ1) is 13.9. The Balaban J connectivity index is 1.65. The van der Waals surface area contributed by atoms with Crippen molar-refractivity contribution in [2.45, 2.75) is 38.1 Å². The second kappa shape index (κ2) is 6.57. The molecule has 1 fully saturated rings. The monoisotopic (exact) mass is 284 g/mol.